The number of aromatic nitrogens is 2. The van der Waals surface area contributed by atoms with Crippen molar-refractivity contribution >= 4 is 27.5 Å². The van der Waals surface area contributed by atoms with Gasteiger partial charge in [-0.25, -0.2) is 0 Å². The lowest BCUT2D eigenvalue weighted by Crippen LogP contribution is -2.29. The van der Waals surface area contributed by atoms with Crippen LogP contribution in [-0.2, 0) is 0 Å². The molecule has 0 aliphatic carbocycles. The van der Waals surface area contributed by atoms with Crippen LogP contribution in [-0.4, -0.2) is 29.8 Å². The first-order valence-corrected chi connectivity index (χ1v) is 11.4. The molecule has 7 heteroatoms. The Hall–Kier alpha value is -3.58. The molecule has 0 fully saturated rings. The Balaban J connectivity index is 1.65. The summed E-state index contributed by atoms with van der Waals surface area (Å²) in [5.41, 5.74) is 4.81. The molecule has 5 rings (SSSR count). The standard InChI is InChI=1S/C26H22BrN3O3/c1-3-33-21-14-6-17(7-15-21)25-22-23(16-4-12-20(32-2)13-5-16)28-29-24(22)26(31)30(25)19-10-8-18(27)9-11-19/h4-15,25H,3H2,1-2H3,(H,28,29). The zero-order valence-corrected chi connectivity index (χ0v) is 19.8. The minimum absolute atomic E-state index is 0.113. The molecule has 2 heterocycles. The minimum atomic E-state index is -0.333. The number of carbonyl (C=O) groups excluding carboxylic acids is 1. The fourth-order valence-corrected chi connectivity index (χ4v) is 4.48. The molecule has 1 aliphatic rings. The SMILES string of the molecule is CCOc1ccc(C2c3c(-c4ccc(OC)cc4)n[nH]c3C(=O)N2c2ccc(Br)cc2)cc1. The van der Waals surface area contributed by atoms with Gasteiger partial charge in [0.1, 0.15) is 17.2 Å². The number of aromatic amines is 1. The summed E-state index contributed by atoms with van der Waals surface area (Å²) < 4.78 is 11.9. The van der Waals surface area contributed by atoms with E-state index in [1.807, 2.05) is 84.6 Å². The quantitative estimate of drug-likeness (QED) is 0.350. The molecule has 1 aliphatic heterocycles. The number of amides is 1. The molecule has 1 unspecified atom stereocenters. The number of halogens is 1. The number of ether oxygens (including phenoxy) is 2. The number of rotatable bonds is 6. The van der Waals surface area contributed by atoms with E-state index in [4.69, 9.17) is 9.47 Å². The lowest BCUT2D eigenvalue weighted by molar-refractivity contribution is 0.0989. The fraction of sp³-hybridized carbons (Fsp3) is 0.154. The summed E-state index contributed by atoms with van der Waals surface area (Å²) in [7, 11) is 1.64. The van der Waals surface area contributed by atoms with Crippen LogP contribution in [0.5, 0.6) is 11.5 Å². The van der Waals surface area contributed by atoms with Crippen molar-refractivity contribution in [2.45, 2.75) is 13.0 Å². The first kappa shape index (κ1) is 21.3. The van der Waals surface area contributed by atoms with Crippen LogP contribution in [0.1, 0.15) is 34.6 Å². The van der Waals surface area contributed by atoms with Crippen molar-refractivity contribution in [3.05, 3.63) is 94.1 Å². The minimum Gasteiger partial charge on any atom is -0.497 e. The van der Waals surface area contributed by atoms with Crippen LogP contribution >= 0.6 is 15.9 Å². The molecule has 0 saturated carbocycles. The van der Waals surface area contributed by atoms with Gasteiger partial charge in [0.2, 0.25) is 0 Å². The molecule has 1 aromatic heterocycles. The van der Waals surface area contributed by atoms with Crippen molar-refractivity contribution in [3.63, 3.8) is 0 Å². The van der Waals surface area contributed by atoms with Gasteiger partial charge in [0.25, 0.3) is 5.91 Å². The molecule has 1 atom stereocenters. The molecule has 1 amide bonds. The first-order valence-electron chi connectivity index (χ1n) is 10.6. The maximum Gasteiger partial charge on any atom is 0.277 e. The number of nitrogens with zero attached hydrogens (tertiary/aromatic N) is 2. The topological polar surface area (TPSA) is 67.5 Å². The number of nitrogens with one attached hydrogen (secondary N) is 1. The third kappa shape index (κ3) is 3.78. The second kappa shape index (κ2) is 8.75. The molecule has 166 valence electrons. The molecule has 0 spiro atoms. The zero-order valence-electron chi connectivity index (χ0n) is 18.2. The van der Waals surface area contributed by atoms with Crippen molar-refractivity contribution in [2.75, 3.05) is 18.6 Å². The van der Waals surface area contributed by atoms with Gasteiger partial charge >= 0.3 is 0 Å². The monoisotopic (exact) mass is 503 g/mol. The number of anilines is 1. The summed E-state index contributed by atoms with van der Waals surface area (Å²) in [5, 5.41) is 7.53. The number of carbonyl (C=O) groups is 1. The third-order valence-electron chi connectivity index (χ3n) is 5.74. The maximum atomic E-state index is 13.6. The van der Waals surface area contributed by atoms with E-state index in [9.17, 15) is 4.79 Å². The number of benzene rings is 3. The van der Waals surface area contributed by atoms with E-state index in [0.29, 0.717) is 12.3 Å². The normalized spacial score (nSPS) is 14.9. The summed E-state index contributed by atoms with van der Waals surface area (Å²) in [6.07, 6.45) is 0. The van der Waals surface area contributed by atoms with Crippen molar-refractivity contribution in [3.8, 4) is 22.8 Å². The highest BCUT2D eigenvalue weighted by Gasteiger charge is 2.43. The number of hydrogen-bond donors (Lipinski definition) is 1. The van der Waals surface area contributed by atoms with E-state index >= 15 is 0 Å². The third-order valence-corrected chi connectivity index (χ3v) is 6.27. The molecule has 0 saturated heterocycles. The van der Waals surface area contributed by atoms with E-state index in [-0.39, 0.29) is 11.9 Å². The van der Waals surface area contributed by atoms with Crippen LogP contribution in [0.3, 0.4) is 0 Å². The van der Waals surface area contributed by atoms with Crippen molar-refractivity contribution in [2.24, 2.45) is 0 Å². The highest BCUT2D eigenvalue weighted by molar-refractivity contribution is 9.10. The number of hydrogen-bond acceptors (Lipinski definition) is 4. The van der Waals surface area contributed by atoms with Crippen LogP contribution in [0.4, 0.5) is 5.69 Å². The summed E-state index contributed by atoms with van der Waals surface area (Å²) in [5.74, 6) is 1.45. The van der Waals surface area contributed by atoms with Crippen LogP contribution in [0.25, 0.3) is 11.3 Å². The predicted octanol–water partition coefficient (Wildman–Crippen LogP) is 6.00. The average molecular weight is 504 g/mol. The Labute approximate surface area is 200 Å². The number of H-pyrrole nitrogens is 1. The second-order valence-electron chi connectivity index (χ2n) is 7.65. The Morgan fingerprint density at radius 1 is 0.970 bits per heavy atom. The van der Waals surface area contributed by atoms with Crippen molar-refractivity contribution < 1.29 is 14.3 Å². The Morgan fingerprint density at radius 3 is 2.27 bits per heavy atom. The highest BCUT2D eigenvalue weighted by atomic mass is 79.9. The first-order chi connectivity index (χ1) is 16.1. The van der Waals surface area contributed by atoms with Crippen molar-refractivity contribution in [1.82, 2.24) is 10.2 Å². The van der Waals surface area contributed by atoms with E-state index in [0.717, 1.165) is 44.0 Å². The van der Waals surface area contributed by atoms with Gasteiger partial charge in [0.05, 0.1) is 25.5 Å². The lowest BCUT2D eigenvalue weighted by Gasteiger charge is -2.26. The fourth-order valence-electron chi connectivity index (χ4n) is 4.21. The van der Waals surface area contributed by atoms with Gasteiger partial charge in [-0.15, -0.1) is 0 Å². The number of fused-ring (bicyclic) bond motifs is 1. The zero-order chi connectivity index (χ0) is 22.9. The van der Waals surface area contributed by atoms with Gasteiger partial charge in [-0.1, -0.05) is 28.1 Å². The molecular weight excluding hydrogens is 482 g/mol. The molecule has 33 heavy (non-hydrogen) atoms. The number of methoxy groups -OCH3 is 1. The van der Waals surface area contributed by atoms with Crippen LogP contribution in [0, 0.1) is 0 Å². The summed E-state index contributed by atoms with van der Waals surface area (Å²) in [4.78, 5) is 15.4. The summed E-state index contributed by atoms with van der Waals surface area (Å²) in [6.45, 7) is 2.55. The lowest BCUT2D eigenvalue weighted by atomic mass is 9.95. The van der Waals surface area contributed by atoms with Gasteiger partial charge in [0, 0.05) is 21.3 Å². The highest BCUT2D eigenvalue weighted by Crippen LogP contribution is 2.45. The van der Waals surface area contributed by atoms with Gasteiger partial charge in [-0.05, 0) is 73.2 Å². The molecule has 1 N–H and O–H groups in total. The smallest absolute Gasteiger partial charge is 0.277 e. The van der Waals surface area contributed by atoms with E-state index in [1.54, 1.807) is 7.11 Å². The Morgan fingerprint density at radius 2 is 1.64 bits per heavy atom. The second-order valence-corrected chi connectivity index (χ2v) is 8.56. The van der Waals surface area contributed by atoms with Crippen LogP contribution in [0.15, 0.2) is 77.3 Å². The van der Waals surface area contributed by atoms with Crippen LogP contribution in [0.2, 0.25) is 0 Å². The van der Waals surface area contributed by atoms with E-state index < -0.39 is 0 Å². The van der Waals surface area contributed by atoms with Gasteiger partial charge in [-0.2, -0.15) is 5.10 Å². The van der Waals surface area contributed by atoms with Crippen LogP contribution < -0.4 is 14.4 Å². The molecule has 6 nitrogen and oxygen atoms in total. The largest absolute Gasteiger partial charge is 0.497 e. The van der Waals surface area contributed by atoms with Crippen molar-refractivity contribution in [1.29, 1.82) is 0 Å². The molecule has 4 aromatic rings. The van der Waals surface area contributed by atoms with Gasteiger partial charge in [-0.3, -0.25) is 14.8 Å². The molecule has 0 radical (unpaired) electrons. The van der Waals surface area contributed by atoms with E-state index in [1.165, 1.54) is 0 Å². The molecule has 0 bridgehead atoms. The summed E-state index contributed by atoms with van der Waals surface area (Å²) in [6, 6.07) is 23.0. The predicted molar refractivity (Wildman–Crippen MR) is 131 cm³/mol. The average Bonchev–Trinajstić information content (AvgIpc) is 3.40. The molecule has 3 aromatic carbocycles. The van der Waals surface area contributed by atoms with Gasteiger partial charge in [0.15, 0.2) is 0 Å². The Bertz CT molecular complexity index is 1280. The van der Waals surface area contributed by atoms with Gasteiger partial charge < -0.3 is 9.47 Å². The summed E-state index contributed by atoms with van der Waals surface area (Å²) >= 11 is 3.48. The Kier molecular flexibility index (Phi) is 5.64. The molecular formula is C26H22BrN3O3. The van der Waals surface area contributed by atoms with E-state index in [2.05, 4.69) is 26.1 Å². The maximum absolute atomic E-state index is 13.6.